The lowest BCUT2D eigenvalue weighted by molar-refractivity contribution is -0.137. The predicted molar refractivity (Wildman–Crippen MR) is 75.0 cm³/mol. The Bertz CT molecular complexity index is 472. The molecule has 1 aliphatic carbocycles. The van der Waals surface area contributed by atoms with Gasteiger partial charge in [0.05, 0.1) is 5.69 Å². The standard InChI is InChI=1S/C13H19N3O2S/c1-8-5-3-4-6-10(8)15-11(17)12(18)16-13-14-9(2)7-19-13/h7-8,10H,3-6H2,1-2H3,(H,15,17)(H,14,16,18). The first-order chi connectivity index (χ1) is 9.06. The molecule has 2 unspecified atom stereocenters. The summed E-state index contributed by atoms with van der Waals surface area (Å²) < 4.78 is 0. The second-order valence-corrected chi connectivity index (χ2v) is 5.95. The molecule has 1 saturated carbocycles. The fourth-order valence-corrected chi connectivity index (χ4v) is 3.01. The molecule has 104 valence electrons. The Morgan fingerprint density at radius 1 is 1.32 bits per heavy atom. The van der Waals surface area contributed by atoms with Crippen LogP contribution in [0.1, 0.15) is 38.3 Å². The van der Waals surface area contributed by atoms with E-state index in [4.69, 9.17) is 0 Å². The smallest absolute Gasteiger partial charge is 0.315 e. The third kappa shape index (κ3) is 3.76. The van der Waals surface area contributed by atoms with Gasteiger partial charge in [-0.25, -0.2) is 4.98 Å². The van der Waals surface area contributed by atoms with Gasteiger partial charge in [0, 0.05) is 11.4 Å². The lowest BCUT2D eigenvalue weighted by Crippen LogP contribution is -2.45. The SMILES string of the molecule is Cc1csc(NC(=O)C(=O)NC2CCCCC2C)n1. The van der Waals surface area contributed by atoms with Crippen LogP contribution in [0.2, 0.25) is 0 Å². The topological polar surface area (TPSA) is 71.1 Å². The maximum atomic E-state index is 11.8. The zero-order valence-electron chi connectivity index (χ0n) is 11.2. The molecule has 2 amide bonds. The third-order valence-electron chi connectivity index (χ3n) is 3.47. The Hall–Kier alpha value is -1.43. The van der Waals surface area contributed by atoms with E-state index in [0.29, 0.717) is 11.0 Å². The number of carbonyl (C=O) groups excluding carboxylic acids is 2. The molecule has 0 bridgehead atoms. The second kappa shape index (κ2) is 6.14. The van der Waals surface area contributed by atoms with Crippen LogP contribution in [0.25, 0.3) is 0 Å². The van der Waals surface area contributed by atoms with Crippen molar-refractivity contribution in [1.82, 2.24) is 10.3 Å². The third-order valence-corrected chi connectivity index (χ3v) is 4.35. The van der Waals surface area contributed by atoms with Crippen molar-refractivity contribution in [2.45, 2.75) is 45.6 Å². The maximum Gasteiger partial charge on any atom is 0.315 e. The Kier molecular flexibility index (Phi) is 4.52. The largest absolute Gasteiger partial charge is 0.345 e. The van der Waals surface area contributed by atoms with Gasteiger partial charge in [0.1, 0.15) is 0 Å². The van der Waals surface area contributed by atoms with Gasteiger partial charge in [-0.3, -0.25) is 14.9 Å². The van der Waals surface area contributed by atoms with Crippen LogP contribution in [0.5, 0.6) is 0 Å². The van der Waals surface area contributed by atoms with Crippen LogP contribution in [-0.2, 0) is 9.59 Å². The van der Waals surface area contributed by atoms with Crippen molar-refractivity contribution in [2.75, 3.05) is 5.32 Å². The summed E-state index contributed by atoms with van der Waals surface area (Å²) in [7, 11) is 0. The molecule has 0 aromatic carbocycles. The number of thiazole rings is 1. The van der Waals surface area contributed by atoms with Crippen LogP contribution in [0.15, 0.2) is 5.38 Å². The van der Waals surface area contributed by atoms with Crippen LogP contribution in [0.3, 0.4) is 0 Å². The monoisotopic (exact) mass is 281 g/mol. The number of carbonyl (C=O) groups is 2. The number of anilines is 1. The van der Waals surface area contributed by atoms with Crippen molar-refractivity contribution >= 4 is 28.3 Å². The number of aromatic nitrogens is 1. The summed E-state index contributed by atoms with van der Waals surface area (Å²) in [6.45, 7) is 3.96. The Labute approximate surface area is 116 Å². The number of nitrogens with one attached hydrogen (secondary N) is 2. The Balaban J connectivity index is 1.86. The quantitative estimate of drug-likeness (QED) is 0.815. The number of aryl methyl sites for hydroxylation is 1. The molecular formula is C13H19N3O2S. The fourth-order valence-electron chi connectivity index (χ4n) is 2.33. The molecule has 2 N–H and O–H groups in total. The van der Waals surface area contributed by atoms with Crippen molar-refractivity contribution in [3.63, 3.8) is 0 Å². The van der Waals surface area contributed by atoms with Crippen LogP contribution < -0.4 is 10.6 Å². The normalized spacial score (nSPS) is 22.8. The minimum absolute atomic E-state index is 0.116. The summed E-state index contributed by atoms with van der Waals surface area (Å²) in [6, 6.07) is 0.116. The number of amides is 2. The minimum atomic E-state index is -0.632. The summed E-state index contributed by atoms with van der Waals surface area (Å²) in [5.74, 6) is -0.758. The summed E-state index contributed by atoms with van der Waals surface area (Å²) >= 11 is 1.32. The Morgan fingerprint density at radius 2 is 2.05 bits per heavy atom. The van der Waals surface area contributed by atoms with Gasteiger partial charge in [-0.15, -0.1) is 11.3 Å². The molecule has 0 radical (unpaired) electrons. The molecule has 0 spiro atoms. The molecule has 6 heteroatoms. The number of hydrogen-bond acceptors (Lipinski definition) is 4. The zero-order chi connectivity index (χ0) is 13.8. The molecule has 2 atom stereocenters. The molecule has 0 aliphatic heterocycles. The summed E-state index contributed by atoms with van der Waals surface area (Å²) in [5, 5.41) is 7.64. The van der Waals surface area contributed by atoms with Gasteiger partial charge >= 0.3 is 11.8 Å². The van der Waals surface area contributed by atoms with Crippen molar-refractivity contribution < 1.29 is 9.59 Å². The first kappa shape index (κ1) is 14.0. The molecule has 1 aliphatic rings. The van der Waals surface area contributed by atoms with E-state index in [1.165, 1.54) is 17.8 Å². The van der Waals surface area contributed by atoms with Crippen molar-refractivity contribution in [3.8, 4) is 0 Å². The molecule has 1 heterocycles. The lowest BCUT2D eigenvalue weighted by Gasteiger charge is -2.29. The molecular weight excluding hydrogens is 262 g/mol. The van der Waals surface area contributed by atoms with Gasteiger partial charge in [0.25, 0.3) is 0 Å². The number of hydrogen-bond donors (Lipinski definition) is 2. The van der Waals surface area contributed by atoms with E-state index in [1.54, 1.807) is 0 Å². The van der Waals surface area contributed by atoms with Crippen LogP contribution in [0.4, 0.5) is 5.13 Å². The highest BCUT2D eigenvalue weighted by atomic mass is 32.1. The maximum absolute atomic E-state index is 11.8. The van der Waals surface area contributed by atoms with E-state index < -0.39 is 11.8 Å². The second-order valence-electron chi connectivity index (χ2n) is 5.09. The van der Waals surface area contributed by atoms with Crippen molar-refractivity contribution in [1.29, 1.82) is 0 Å². The van der Waals surface area contributed by atoms with E-state index in [1.807, 2.05) is 12.3 Å². The molecule has 1 fully saturated rings. The molecule has 5 nitrogen and oxygen atoms in total. The van der Waals surface area contributed by atoms with Crippen LogP contribution in [-0.4, -0.2) is 22.8 Å². The van der Waals surface area contributed by atoms with Crippen LogP contribution in [0, 0.1) is 12.8 Å². The molecule has 1 aromatic heterocycles. The number of rotatable bonds is 2. The van der Waals surface area contributed by atoms with Crippen molar-refractivity contribution in [3.05, 3.63) is 11.1 Å². The van der Waals surface area contributed by atoms with Gasteiger partial charge < -0.3 is 5.32 Å². The minimum Gasteiger partial charge on any atom is -0.345 e. The van der Waals surface area contributed by atoms with Gasteiger partial charge in [0.2, 0.25) is 0 Å². The lowest BCUT2D eigenvalue weighted by atomic mass is 9.86. The summed E-state index contributed by atoms with van der Waals surface area (Å²) in [4.78, 5) is 27.7. The highest BCUT2D eigenvalue weighted by Gasteiger charge is 2.25. The first-order valence-electron chi connectivity index (χ1n) is 6.60. The average Bonchev–Trinajstić information content (AvgIpc) is 2.77. The molecule has 2 rings (SSSR count). The van der Waals surface area contributed by atoms with E-state index in [9.17, 15) is 9.59 Å². The fraction of sp³-hybridized carbons (Fsp3) is 0.615. The Morgan fingerprint density at radius 3 is 2.68 bits per heavy atom. The van der Waals surface area contributed by atoms with Gasteiger partial charge in [-0.05, 0) is 25.7 Å². The molecule has 1 aromatic rings. The predicted octanol–water partition coefficient (Wildman–Crippen LogP) is 2.08. The highest BCUT2D eigenvalue weighted by molar-refractivity contribution is 7.14. The summed E-state index contributed by atoms with van der Waals surface area (Å²) in [5.41, 5.74) is 0.835. The van der Waals surface area contributed by atoms with E-state index in [2.05, 4.69) is 22.5 Å². The molecule has 19 heavy (non-hydrogen) atoms. The average molecular weight is 281 g/mol. The zero-order valence-corrected chi connectivity index (χ0v) is 12.0. The van der Waals surface area contributed by atoms with Crippen LogP contribution >= 0.6 is 11.3 Å². The van der Waals surface area contributed by atoms with E-state index >= 15 is 0 Å². The van der Waals surface area contributed by atoms with Crippen molar-refractivity contribution in [2.24, 2.45) is 5.92 Å². The van der Waals surface area contributed by atoms with Gasteiger partial charge in [-0.2, -0.15) is 0 Å². The molecule has 0 saturated heterocycles. The van der Waals surface area contributed by atoms with Gasteiger partial charge in [0.15, 0.2) is 5.13 Å². The van der Waals surface area contributed by atoms with E-state index in [0.717, 1.165) is 25.0 Å². The van der Waals surface area contributed by atoms with Gasteiger partial charge in [-0.1, -0.05) is 19.8 Å². The number of nitrogens with zero attached hydrogens (tertiary/aromatic N) is 1. The first-order valence-corrected chi connectivity index (χ1v) is 7.48. The van der Waals surface area contributed by atoms with E-state index in [-0.39, 0.29) is 6.04 Å². The summed E-state index contributed by atoms with van der Waals surface area (Å²) in [6.07, 6.45) is 4.38. The highest BCUT2D eigenvalue weighted by Crippen LogP contribution is 2.23.